The van der Waals surface area contributed by atoms with E-state index < -0.39 is 12.1 Å². The number of benzene rings is 3. The summed E-state index contributed by atoms with van der Waals surface area (Å²) < 4.78 is 11.2. The average molecular weight is 496 g/mol. The molecule has 37 heavy (non-hydrogen) atoms. The number of hydrogen-bond acceptors (Lipinski definition) is 4. The van der Waals surface area contributed by atoms with Crippen LogP contribution in [0, 0.1) is 0 Å². The number of anilines is 1. The number of rotatable bonds is 8. The Hall–Kier alpha value is -4.52. The van der Waals surface area contributed by atoms with Crippen LogP contribution in [0.1, 0.15) is 31.1 Å². The number of para-hydroxylation sites is 3. The molecule has 2 amide bonds. The minimum atomic E-state index is -0.859. The van der Waals surface area contributed by atoms with Crippen molar-refractivity contribution in [2.75, 3.05) is 11.4 Å². The van der Waals surface area contributed by atoms with Gasteiger partial charge in [0.1, 0.15) is 17.4 Å². The van der Waals surface area contributed by atoms with Gasteiger partial charge in [-0.3, -0.25) is 4.79 Å². The average Bonchev–Trinajstić information content (AvgIpc) is 3.55. The molecule has 0 saturated carbocycles. The minimum absolute atomic E-state index is 0.0426. The summed E-state index contributed by atoms with van der Waals surface area (Å²) in [5.41, 5.74) is 3.40. The van der Waals surface area contributed by atoms with Crippen LogP contribution < -0.4 is 10.2 Å². The van der Waals surface area contributed by atoms with Gasteiger partial charge < -0.3 is 24.4 Å². The van der Waals surface area contributed by atoms with Gasteiger partial charge in [0.15, 0.2) is 6.61 Å². The normalized spacial score (nSPS) is 12.8. The highest BCUT2D eigenvalue weighted by molar-refractivity contribution is 6.00. The van der Waals surface area contributed by atoms with Gasteiger partial charge in [-0.15, -0.1) is 0 Å². The number of H-pyrrole nitrogens is 1. The zero-order chi connectivity index (χ0) is 25.8. The molecule has 2 heterocycles. The van der Waals surface area contributed by atoms with E-state index in [1.165, 1.54) is 0 Å². The van der Waals surface area contributed by atoms with Crippen LogP contribution in [0.2, 0.25) is 0 Å². The molecule has 2 aromatic heterocycles. The van der Waals surface area contributed by atoms with Crippen LogP contribution in [-0.4, -0.2) is 29.6 Å². The number of hydrogen-bond donors (Lipinski definition) is 2. The van der Waals surface area contributed by atoms with Crippen molar-refractivity contribution in [3.8, 4) is 0 Å². The Morgan fingerprint density at radius 1 is 1.00 bits per heavy atom. The van der Waals surface area contributed by atoms with Crippen LogP contribution in [0.3, 0.4) is 0 Å². The maximum Gasteiger partial charge on any atom is 0.408 e. The molecule has 7 heteroatoms. The summed E-state index contributed by atoms with van der Waals surface area (Å²) in [6.07, 6.45) is 1.21. The zero-order valence-corrected chi connectivity index (χ0v) is 20.8. The Morgan fingerprint density at radius 2 is 1.73 bits per heavy atom. The summed E-state index contributed by atoms with van der Waals surface area (Å²) in [4.78, 5) is 31.8. The van der Waals surface area contributed by atoms with Crippen molar-refractivity contribution in [3.05, 3.63) is 102 Å². The zero-order valence-electron chi connectivity index (χ0n) is 20.8. The number of likely N-dealkylation sites (N-methyl/N-ethyl adjacent to an activating group) is 1. The molecule has 5 aromatic rings. The molecule has 0 aliphatic carbocycles. The second kappa shape index (κ2) is 10.6. The third-order valence-electron chi connectivity index (χ3n) is 6.62. The van der Waals surface area contributed by atoms with E-state index in [0.29, 0.717) is 12.3 Å². The van der Waals surface area contributed by atoms with Crippen molar-refractivity contribution >= 4 is 39.6 Å². The molecule has 3 aromatic carbocycles. The van der Waals surface area contributed by atoms with E-state index >= 15 is 0 Å². The first-order valence-electron chi connectivity index (χ1n) is 12.4. The van der Waals surface area contributed by atoms with Gasteiger partial charge in [-0.25, -0.2) is 4.79 Å². The topological polar surface area (TPSA) is 87.6 Å². The Balaban J connectivity index is 1.39. The molecular formula is C30H29N3O4. The Bertz CT molecular complexity index is 1490. The lowest BCUT2D eigenvalue weighted by molar-refractivity contribution is -0.121. The Morgan fingerprint density at radius 3 is 2.51 bits per heavy atom. The molecule has 7 nitrogen and oxygen atoms in total. The summed E-state index contributed by atoms with van der Waals surface area (Å²) in [5.74, 6) is -0.0179. The van der Waals surface area contributed by atoms with Crippen LogP contribution in [-0.2, 0) is 16.1 Å². The number of furan rings is 1. The fourth-order valence-electron chi connectivity index (χ4n) is 4.71. The third-order valence-corrected chi connectivity index (χ3v) is 6.62. The number of amides is 2. The summed E-state index contributed by atoms with van der Waals surface area (Å²) in [7, 11) is 0. The fourth-order valence-corrected chi connectivity index (χ4v) is 4.71. The SMILES string of the molecule is CCN(C(=O)C(NC(=O)OCc1cc2ccccc2o1)C(C)c1c[nH]c2ccccc12)c1ccccc1. The number of nitrogens with zero attached hydrogens (tertiary/aromatic N) is 1. The summed E-state index contributed by atoms with van der Waals surface area (Å²) in [6.45, 7) is 4.27. The number of aromatic nitrogens is 1. The smallest absolute Gasteiger partial charge is 0.408 e. The molecule has 0 bridgehead atoms. The van der Waals surface area contributed by atoms with E-state index in [4.69, 9.17) is 9.15 Å². The first-order valence-corrected chi connectivity index (χ1v) is 12.4. The number of carbonyl (C=O) groups excluding carboxylic acids is 2. The molecule has 0 radical (unpaired) electrons. The van der Waals surface area contributed by atoms with Crippen molar-refractivity contribution in [1.82, 2.24) is 10.3 Å². The summed E-state index contributed by atoms with van der Waals surface area (Å²) in [5, 5.41) is 4.79. The number of ether oxygens (including phenoxy) is 1. The maximum absolute atomic E-state index is 13.9. The number of fused-ring (bicyclic) bond motifs is 2. The number of alkyl carbamates (subject to hydrolysis) is 1. The second-order valence-corrected chi connectivity index (χ2v) is 8.95. The van der Waals surface area contributed by atoms with Gasteiger partial charge in [0.2, 0.25) is 5.91 Å². The van der Waals surface area contributed by atoms with E-state index in [0.717, 1.165) is 33.1 Å². The third kappa shape index (κ3) is 5.07. The quantitative estimate of drug-likeness (QED) is 0.262. The van der Waals surface area contributed by atoms with E-state index in [1.54, 1.807) is 4.90 Å². The number of aromatic amines is 1. The maximum atomic E-state index is 13.9. The molecule has 5 rings (SSSR count). The van der Waals surface area contributed by atoms with Crippen LogP contribution in [0.25, 0.3) is 21.9 Å². The molecule has 2 N–H and O–H groups in total. The highest BCUT2D eigenvalue weighted by Gasteiger charge is 2.33. The Labute approximate surface area is 215 Å². The molecule has 0 fully saturated rings. The van der Waals surface area contributed by atoms with Crippen molar-refractivity contribution < 1.29 is 18.7 Å². The van der Waals surface area contributed by atoms with Crippen molar-refractivity contribution in [2.45, 2.75) is 32.4 Å². The highest BCUT2D eigenvalue weighted by atomic mass is 16.6. The van der Waals surface area contributed by atoms with Crippen LogP contribution in [0.4, 0.5) is 10.5 Å². The van der Waals surface area contributed by atoms with Crippen LogP contribution >= 0.6 is 0 Å². The van der Waals surface area contributed by atoms with Gasteiger partial charge in [0, 0.05) is 40.6 Å². The van der Waals surface area contributed by atoms with Crippen LogP contribution in [0.15, 0.2) is 95.5 Å². The lowest BCUT2D eigenvalue weighted by atomic mass is 9.91. The van der Waals surface area contributed by atoms with E-state index in [-0.39, 0.29) is 18.4 Å². The largest absolute Gasteiger partial charge is 0.457 e. The molecule has 0 aliphatic heterocycles. The number of nitrogens with one attached hydrogen (secondary N) is 2. The standard InChI is InChI=1S/C30H29N3O4/c1-3-33(22-12-5-4-6-13-22)29(34)28(20(2)25-18-31-26-15-9-8-14-24(25)26)32-30(35)36-19-23-17-21-11-7-10-16-27(21)37-23/h4-18,20,28,31H,3,19H2,1-2H3,(H,32,35). The lowest BCUT2D eigenvalue weighted by Crippen LogP contribution is -2.51. The van der Waals surface area contributed by atoms with E-state index in [1.807, 2.05) is 105 Å². The lowest BCUT2D eigenvalue weighted by Gasteiger charge is -2.30. The number of carbonyl (C=O) groups is 2. The van der Waals surface area contributed by atoms with Gasteiger partial charge >= 0.3 is 6.09 Å². The molecular weight excluding hydrogens is 466 g/mol. The monoisotopic (exact) mass is 495 g/mol. The van der Waals surface area contributed by atoms with Gasteiger partial charge in [-0.1, -0.05) is 61.5 Å². The minimum Gasteiger partial charge on any atom is -0.457 e. The molecule has 0 saturated heterocycles. The van der Waals surface area contributed by atoms with Gasteiger partial charge in [-0.2, -0.15) is 0 Å². The Kier molecular flexibility index (Phi) is 6.94. The van der Waals surface area contributed by atoms with Crippen molar-refractivity contribution in [2.24, 2.45) is 0 Å². The van der Waals surface area contributed by atoms with Gasteiger partial charge in [0.25, 0.3) is 0 Å². The predicted octanol–water partition coefficient (Wildman–Crippen LogP) is 6.37. The highest BCUT2D eigenvalue weighted by Crippen LogP contribution is 2.29. The van der Waals surface area contributed by atoms with Crippen LogP contribution in [0.5, 0.6) is 0 Å². The van der Waals surface area contributed by atoms with Gasteiger partial charge in [-0.05, 0) is 42.8 Å². The molecule has 0 aliphatic rings. The summed E-state index contributed by atoms with van der Waals surface area (Å²) >= 11 is 0. The van der Waals surface area contributed by atoms with E-state index in [9.17, 15) is 9.59 Å². The molecule has 2 atom stereocenters. The molecule has 188 valence electrons. The summed E-state index contributed by atoms with van der Waals surface area (Å²) in [6, 6.07) is 25.9. The molecule has 2 unspecified atom stereocenters. The first-order chi connectivity index (χ1) is 18.0. The van der Waals surface area contributed by atoms with Crippen molar-refractivity contribution in [3.63, 3.8) is 0 Å². The second-order valence-electron chi connectivity index (χ2n) is 8.95. The van der Waals surface area contributed by atoms with Gasteiger partial charge in [0.05, 0.1) is 0 Å². The van der Waals surface area contributed by atoms with Crippen molar-refractivity contribution in [1.29, 1.82) is 0 Å². The fraction of sp³-hybridized carbons (Fsp3) is 0.200. The van der Waals surface area contributed by atoms with E-state index in [2.05, 4.69) is 10.3 Å². The molecule has 0 spiro atoms. The first kappa shape index (κ1) is 24.2. The predicted molar refractivity (Wildman–Crippen MR) is 145 cm³/mol.